The van der Waals surface area contributed by atoms with Crippen molar-refractivity contribution in [1.29, 1.82) is 0 Å². The lowest BCUT2D eigenvalue weighted by atomic mass is 10.1. The zero-order chi connectivity index (χ0) is 23.9. The highest BCUT2D eigenvalue weighted by atomic mass is 16.5. The number of amides is 1. The van der Waals surface area contributed by atoms with Crippen molar-refractivity contribution >= 4 is 11.9 Å². The van der Waals surface area contributed by atoms with Gasteiger partial charge in [0.25, 0.3) is 0 Å². The maximum atomic E-state index is 11.3. The van der Waals surface area contributed by atoms with Crippen molar-refractivity contribution < 1.29 is 19.4 Å². The maximum Gasteiger partial charge on any atom is 0.303 e. The molecule has 0 bridgehead atoms. The number of nitrogens with one attached hydrogen (secondary N) is 1. The lowest BCUT2D eigenvalue weighted by molar-refractivity contribution is -0.137. The van der Waals surface area contributed by atoms with E-state index < -0.39 is 5.97 Å². The van der Waals surface area contributed by atoms with Crippen molar-refractivity contribution in [3.8, 4) is 5.75 Å². The van der Waals surface area contributed by atoms with Gasteiger partial charge >= 0.3 is 5.97 Å². The third-order valence-electron chi connectivity index (χ3n) is 5.56. The van der Waals surface area contributed by atoms with Gasteiger partial charge in [-0.1, -0.05) is 55.9 Å². The molecule has 0 radical (unpaired) electrons. The lowest BCUT2D eigenvalue weighted by Crippen LogP contribution is -2.40. The summed E-state index contributed by atoms with van der Waals surface area (Å²) in [7, 11) is 1.72. The zero-order valence-electron chi connectivity index (χ0n) is 19.5. The molecule has 0 saturated heterocycles. The summed E-state index contributed by atoms with van der Waals surface area (Å²) in [6, 6.07) is 7.21. The van der Waals surface area contributed by atoms with Gasteiger partial charge < -0.3 is 20.9 Å². The van der Waals surface area contributed by atoms with Gasteiger partial charge in [0, 0.05) is 13.0 Å². The maximum absolute atomic E-state index is 11.3. The molecular formula is C24H37N5O4. The first-order valence-electron chi connectivity index (χ1n) is 11.8. The van der Waals surface area contributed by atoms with Crippen LogP contribution in [0.5, 0.6) is 5.75 Å². The number of benzene rings is 1. The number of rotatable bonds is 18. The number of likely N-dealkylation sites (N-methyl/N-ethyl adjacent to an activating group) is 1. The number of ether oxygens (including phenoxy) is 1. The Labute approximate surface area is 195 Å². The predicted octanol–water partition coefficient (Wildman–Crippen LogP) is 3.07. The summed E-state index contributed by atoms with van der Waals surface area (Å²) in [6.45, 7) is 1.19. The molecule has 1 amide bonds. The van der Waals surface area contributed by atoms with Crippen LogP contribution in [0.3, 0.4) is 0 Å². The van der Waals surface area contributed by atoms with Crippen molar-refractivity contribution in [2.45, 2.75) is 83.4 Å². The van der Waals surface area contributed by atoms with E-state index in [1.807, 2.05) is 35.1 Å². The SMILES string of the molecule is CN[C@@H](Cc1ccc(OCc2cn(CCCCCCCCCCC(=O)O)nn2)cc1)C(N)=O. The van der Waals surface area contributed by atoms with Crippen molar-refractivity contribution in [1.82, 2.24) is 20.3 Å². The highest BCUT2D eigenvalue weighted by Gasteiger charge is 2.13. The number of nitrogens with zero attached hydrogens (tertiary/aromatic N) is 3. The number of carboxylic acid groups (broad SMARTS) is 1. The molecule has 2 aromatic rings. The van der Waals surface area contributed by atoms with Crippen LogP contribution >= 0.6 is 0 Å². The number of carboxylic acids is 1. The van der Waals surface area contributed by atoms with Crippen LogP contribution in [0, 0.1) is 0 Å². The van der Waals surface area contributed by atoms with Crippen LogP contribution in [-0.2, 0) is 29.2 Å². The number of hydrogen-bond acceptors (Lipinski definition) is 6. The zero-order valence-corrected chi connectivity index (χ0v) is 19.5. The fourth-order valence-electron chi connectivity index (χ4n) is 3.58. The topological polar surface area (TPSA) is 132 Å². The van der Waals surface area contributed by atoms with Crippen molar-refractivity contribution in [2.75, 3.05) is 7.05 Å². The van der Waals surface area contributed by atoms with Crippen molar-refractivity contribution in [3.63, 3.8) is 0 Å². The molecule has 1 heterocycles. The van der Waals surface area contributed by atoms with Crippen LogP contribution in [0.25, 0.3) is 0 Å². The standard InChI is InChI=1S/C24H37N5O4/c1-26-22(24(25)32)16-19-11-13-21(14-12-19)33-18-20-17-29(28-27-20)15-9-7-5-3-2-4-6-8-10-23(30)31/h11-14,17,22,26H,2-10,15-16,18H2,1H3,(H2,25,32)(H,30,31)/t22-/m0/s1. The van der Waals surface area contributed by atoms with E-state index in [-0.39, 0.29) is 18.4 Å². The van der Waals surface area contributed by atoms with E-state index in [2.05, 4.69) is 15.6 Å². The quantitative estimate of drug-likeness (QED) is 0.292. The average Bonchev–Trinajstić information content (AvgIpc) is 3.25. The fourth-order valence-corrected chi connectivity index (χ4v) is 3.58. The molecule has 0 aliphatic carbocycles. The third kappa shape index (κ3) is 11.0. The van der Waals surface area contributed by atoms with Crippen LogP contribution in [0.15, 0.2) is 30.5 Å². The second-order valence-electron chi connectivity index (χ2n) is 8.33. The summed E-state index contributed by atoms with van der Waals surface area (Å²) in [5.74, 6) is -0.338. The number of hydrogen-bond donors (Lipinski definition) is 3. The molecule has 0 unspecified atom stereocenters. The molecule has 0 spiro atoms. The van der Waals surface area contributed by atoms with Crippen LogP contribution in [-0.4, -0.2) is 45.1 Å². The number of nitrogens with two attached hydrogens (primary N) is 1. The molecule has 1 aromatic carbocycles. The van der Waals surface area contributed by atoms with Crippen molar-refractivity contribution in [2.24, 2.45) is 5.73 Å². The summed E-state index contributed by atoms with van der Waals surface area (Å²) in [4.78, 5) is 21.8. The Balaban J connectivity index is 1.58. The normalized spacial score (nSPS) is 11.9. The first-order valence-corrected chi connectivity index (χ1v) is 11.8. The molecule has 0 aliphatic rings. The van der Waals surface area contributed by atoms with E-state index in [1.54, 1.807) is 7.05 Å². The first-order chi connectivity index (χ1) is 16.0. The fraction of sp³-hybridized carbons (Fsp3) is 0.583. The average molecular weight is 460 g/mol. The van der Waals surface area contributed by atoms with Crippen LogP contribution in [0.2, 0.25) is 0 Å². The van der Waals surface area contributed by atoms with Gasteiger partial charge in [-0.15, -0.1) is 5.10 Å². The van der Waals surface area contributed by atoms with E-state index >= 15 is 0 Å². The molecule has 0 fully saturated rings. The molecule has 1 aromatic heterocycles. The van der Waals surface area contributed by atoms with E-state index in [9.17, 15) is 9.59 Å². The van der Waals surface area contributed by atoms with Crippen LogP contribution in [0.4, 0.5) is 0 Å². The highest BCUT2D eigenvalue weighted by molar-refractivity contribution is 5.80. The van der Waals surface area contributed by atoms with Gasteiger partial charge in [0.15, 0.2) is 0 Å². The monoisotopic (exact) mass is 459 g/mol. The Bertz CT molecular complexity index is 838. The number of unbranched alkanes of at least 4 members (excludes halogenated alkanes) is 7. The molecule has 4 N–H and O–H groups in total. The Kier molecular flexibility index (Phi) is 12.0. The first kappa shape index (κ1) is 26.3. The van der Waals surface area contributed by atoms with Gasteiger partial charge in [-0.05, 0) is 44.0 Å². The Morgan fingerprint density at radius 2 is 1.70 bits per heavy atom. The summed E-state index contributed by atoms with van der Waals surface area (Å²) in [5, 5.41) is 19.9. The Hall–Kier alpha value is -2.94. The van der Waals surface area contributed by atoms with Gasteiger partial charge in [-0.3, -0.25) is 14.3 Å². The minimum Gasteiger partial charge on any atom is -0.487 e. The van der Waals surface area contributed by atoms with Gasteiger partial charge in [-0.25, -0.2) is 0 Å². The number of primary amides is 1. The summed E-state index contributed by atoms with van der Waals surface area (Å²) in [6.07, 6.45) is 11.4. The second kappa shape index (κ2) is 15.0. The number of aliphatic carboxylic acids is 1. The smallest absolute Gasteiger partial charge is 0.303 e. The second-order valence-corrected chi connectivity index (χ2v) is 8.33. The van der Waals surface area contributed by atoms with Crippen LogP contribution in [0.1, 0.15) is 69.0 Å². The van der Waals surface area contributed by atoms with E-state index in [4.69, 9.17) is 15.6 Å². The largest absolute Gasteiger partial charge is 0.487 e. The third-order valence-corrected chi connectivity index (χ3v) is 5.56. The van der Waals surface area contributed by atoms with E-state index in [0.29, 0.717) is 13.0 Å². The molecule has 0 aliphatic heterocycles. The van der Waals surface area contributed by atoms with Crippen LogP contribution < -0.4 is 15.8 Å². The summed E-state index contributed by atoms with van der Waals surface area (Å²) < 4.78 is 7.65. The van der Waals surface area contributed by atoms with E-state index in [0.717, 1.165) is 55.7 Å². The number of aryl methyl sites for hydroxylation is 1. The number of carbonyl (C=O) groups is 2. The molecule has 1 atom stereocenters. The van der Waals surface area contributed by atoms with Crippen molar-refractivity contribution in [3.05, 3.63) is 41.7 Å². The number of carbonyl (C=O) groups excluding carboxylic acids is 1. The Morgan fingerprint density at radius 3 is 2.30 bits per heavy atom. The highest BCUT2D eigenvalue weighted by Crippen LogP contribution is 2.15. The molecule has 33 heavy (non-hydrogen) atoms. The van der Waals surface area contributed by atoms with Gasteiger partial charge in [-0.2, -0.15) is 0 Å². The van der Waals surface area contributed by atoms with E-state index in [1.165, 1.54) is 19.3 Å². The molecule has 2 rings (SSSR count). The molecule has 9 heteroatoms. The lowest BCUT2D eigenvalue weighted by Gasteiger charge is -2.12. The molecular weight excluding hydrogens is 422 g/mol. The number of aromatic nitrogens is 3. The van der Waals surface area contributed by atoms with Gasteiger partial charge in [0.05, 0.1) is 12.2 Å². The molecule has 0 saturated carbocycles. The summed E-state index contributed by atoms with van der Waals surface area (Å²) in [5.41, 5.74) is 7.15. The van der Waals surface area contributed by atoms with Gasteiger partial charge in [0.2, 0.25) is 5.91 Å². The minimum atomic E-state index is -0.701. The Morgan fingerprint density at radius 1 is 1.06 bits per heavy atom. The van der Waals surface area contributed by atoms with Gasteiger partial charge in [0.1, 0.15) is 18.1 Å². The minimum absolute atomic E-state index is 0.285. The molecule has 9 nitrogen and oxygen atoms in total. The summed E-state index contributed by atoms with van der Waals surface area (Å²) >= 11 is 0. The predicted molar refractivity (Wildman–Crippen MR) is 126 cm³/mol. The molecule has 182 valence electrons.